The fraction of sp³-hybridized carbons (Fsp3) is 0.533. The lowest BCUT2D eigenvalue weighted by Gasteiger charge is -2.43. The monoisotopic (exact) mass is 263 g/mol. The fourth-order valence-corrected chi connectivity index (χ4v) is 2.07. The Hall–Kier alpha value is -1.39. The highest BCUT2D eigenvalue weighted by Crippen LogP contribution is 2.30. The van der Waals surface area contributed by atoms with Crippen LogP contribution in [0.4, 0.5) is 0 Å². The number of benzene rings is 1. The Morgan fingerprint density at radius 2 is 1.89 bits per heavy atom. The molecule has 2 rings (SSSR count). The van der Waals surface area contributed by atoms with Crippen molar-refractivity contribution >= 4 is 5.91 Å². The van der Waals surface area contributed by atoms with Crippen LogP contribution < -0.4 is 5.32 Å². The number of hydrogen-bond acceptors (Lipinski definition) is 3. The van der Waals surface area contributed by atoms with E-state index >= 15 is 0 Å². The predicted octanol–water partition coefficient (Wildman–Crippen LogP) is 1.44. The maximum atomic E-state index is 12.2. The third-order valence-electron chi connectivity index (χ3n) is 3.45. The van der Waals surface area contributed by atoms with Gasteiger partial charge in [0.05, 0.1) is 13.2 Å². The third kappa shape index (κ3) is 2.80. The van der Waals surface area contributed by atoms with Crippen molar-refractivity contribution in [3.8, 4) is 0 Å². The lowest BCUT2D eigenvalue weighted by molar-refractivity contribution is -0.146. The Kier molecular flexibility index (Phi) is 3.65. The molecule has 1 unspecified atom stereocenters. The van der Waals surface area contributed by atoms with Crippen molar-refractivity contribution in [2.75, 3.05) is 13.2 Å². The number of ether oxygens (including phenoxy) is 1. The summed E-state index contributed by atoms with van der Waals surface area (Å²) in [6.45, 7) is 6.40. The van der Waals surface area contributed by atoms with Crippen molar-refractivity contribution in [3.63, 3.8) is 0 Å². The summed E-state index contributed by atoms with van der Waals surface area (Å²) in [7, 11) is 0. The average molecular weight is 263 g/mol. The van der Waals surface area contributed by atoms with Crippen LogP contribution >= 0.6 is 0 Å². The summed E-state index contributed by atoms with van der Waals surface area (Å²) < 4.78 is 5.26. The van der Waals surface area contributed by atoms with Gasteiger partial charge in [-0.05, 0) is 11.0 Å². The van der Waals surface area contributed by atoms with Gasteiger partial charge >= 0.3 is 0 Å². The molecule has 19 heavy (non-hydrogen) atoms. The van der Waals surface area contributed by atoms with E-state index in [-0.39, 0.29) is 5.91 Å². The summed E-state index contributed by atoms with van der Waals surface area (Å²) in [5, 5.41) is 13.0. The molecule has 0 spiro atoms. The highest BCUT2D eigenvalue weighted by molar-refractivity contribution is 5.82. The van der Waals surface area contributed by atoms with Crippen molar-refractivity contribution in [3.05, 3.63) is 35.9 Å². The molecule has 1 heterocycles. The zero-order chi connectivity index (χ0) is 14.1. The van der Waals surface area contributed by atoms with Crippen LogP contribution in [0.5, 0.6) is 0 Å². The van der Waals surface area contributed by atoms with Crippen molar-refractivity contribution in [2.45, 2.75) is 32.4 Å². The lowest BCUT2D eigenvalue weighted by Crippen LogP contribution is -2.62. The smallest absolute Gasteiger partial charge is 0.250 e. The summed E-state index contributed by atoms with van der Waals surface area (Å²) >= 11 is 0. The van der Waals surface area contributed by atoms with E-state index in [9.17, 15) is 9.90 Å². The second-order valence-corrected chi connectivity index (χ2v) is 6.20. The SMILES string of the molecule is CC(C)(C)C(O)C(=O)NC1(c2ccccc2)COC1. The first-order valence-corrected chi connectivity index (χ1v) is 6.48. The molecule has 1 aliphatic rings. The largest absolute Gasteiger partial charge is 0.383 e. The van der Waals surface area contributed by atoms with Gasteiger partial charge in [0.15, 0.2) is 0 Å². The van der Waals surface area contributed by atoms with E-state index in [0.717, 1.165) is 5.56 Å². The maximum Gasteiger partial charge on any atom is 0.250 e. The van der Waals surface area contributed by atoms with E-state index in [4.69, 9.17) is 4.74 Å². The topological polar surface area (TPSA) is 58.6 Å². The minimum Gasteiger partial charge on any atom is -0.383 e. The zero-order valence-electron chi connectivity index (χ0n) is 11.6. The molecule has 0 bridgehead atoms. The Morgan fingerprint density at radius 3 is 2.32 bits per heavy atom. The molecule has 0 aliphatic carbocycles. The van der Waals surface area contributed by atoms with E-state index in [2.05, 4.69) is 5.32 Å². The molecule has 1 amide bonds. The molecule has 0 aromatic heterocycles. The maximum absolute atomic E-state index is 12.2. The van der Waals surface area contributed by atoms with Crippen molar-refractivity contribution in [1.29, 1.82) is 0 Å². The van der Waals surface area contributed by atoms with E-state index in [1.807, 2.05) is 51.1 Å². The minimum atomic E-state index is -1.03. The van der Waals surface area contributed by atoms with Crippen molar-refractivity contribution in [2.24, 2.45) is 5.41 Å². The highest BCUT2D eigenvalue weighted by Gasteiger charge is 2.43. The summed E-state index contributed by atoms with van der Waals surface area (Å²) in [5.41, 5.74) is 0.0349. The molecule has 1 saturated heterocycles. The van der Waals surface area contributed by atoms with Crippen LogP contribution in [-0.2, 0) is 15.1 Å². The Morgan fingerprint density at radius 1 is 1.32 bits per heavy atom. The zero-order valence-corrected chi connectivity index (χ0v) is 11.6. The summed E-state index contributed by atoms with van der Waals surface area (Å²) in [6.07, 6.45) is -1.03. The summed E-state index contributed by atoms with van der Waals surface area (Å²) in [6, 6.07) is 9.73. The number of rotatable bonds is 3. The molecule has 0 radical (unpaired) electrons. The fourth-order valence-electron chi connectivity index (χ4n) is 2.07. The summed E-state index contributed by atoms with van der Waals surface area (Å²) in [5.74, 6) is -0.348. The molecule has 2 N–H and O–H groups in total. The number of nitrogens with one attached hydrogen (secondary N) is 1. The molecule has 1 aromatic carbocycles. The standard InChI is InChI=1S/C15H21NO3/c1-14(2,3)12(17)13(18)16-15(9-19-10-15)11-7-5-4-6-8-11/h4-8,12,17H,9-10H2,1-3H3,(H,16,18). The van der Waals surface area contributed by atoms with Gasteiger partial charge in [0, 0.05) is 0 Å². The van der Waals surface area contributed by atoms with E-state index in [1.165, 1.54) is 0 Å². The molecular formula is C15H21NO3. The molecule has 104 valence electrons. The average Bonchev–Trinajstić information content (AvgIpc) is 2.32. The molecule has 1 aliphatic heterocycles. The summed E-state index contributed by atoms with van der Waals surface area (Å²) in [4.78, 5) is 12.2. The van der Waals surface area contributed by atoms with Crippen LogP contribution in [0.1, 0.15) is 26.3 Å². The van der Waals surface area contributed by atoms with Crippen LogP contribution in [-0.4, -0.2) is 30.3 Å². The first-order valence-electron chi connectivity index (χ1n) is 6.48. The van der Waals surface area contributed by atoms with E-state index in [0.29, 0.717) is 13.2 Å². The first-order chi connectivity index (χ1) is 8.85. The Bertz CT molecular complexity index is 446. The predicted molar refractivity (Wildman–Crippen MR) is 72.5 cm³/mol. The van der Waals surface area contributed by atoms with Gasteiger partial charge in [0.2, 0.25) is 5.91 Å². The first kappa shape index (κ1) is 14.0. The quantitative estimate of drug-likeness (QED) is 0.867. The molecule has 1 aromatic rings. The highest BCUT2D eigenvalue weighted by atomic mass is 16.5. The van der Waals surface area contributed by atoms with Crippen LogP contribution in [0, 0.1) is 5.41 Å². The number of aliphatic hydroxyl groups is 1. The van der Waals surface area contributed by atoms with Gasteiger partial charge in [-0.25, -0.2) is 0 Å². The van der Waals surface area contributed by atoms with Gasteiger partial charge in [-0.1, -0.05) is 51.1 Å². The van der Waals surface area contributed by atoms with Gasteiger partial charge in [-0.15, -0.1) is 0 Å². The Labute approximate surface area is 113 Å². The van der Waals surface area contributed by atoms with Gasteiger partial charge in [0.1, 0.15) is 11.6 Å². The van der Waals surface area contributed by atoms with Crippen LogP contribution in [0.15, 0.2) is 30.3 Å². The Balaban J connectivity index is 2.14. The van der Waals surface area contributed by atoms with Crippen molar-refractivity contribution in [1.82, 2.24) is 5.32 Å². The van der Waals surface area contributed by atoms with Gasteiger partial charge < -0.3 is 15.2 Å². The van der Waals surface area contributed by atoms with Crippen LogP contribution in [0.3, 0.4) is 0 Å². The second-order valence-electron chi connectivity index (χ2n) is 6.20. The molecule has 4 heteroatoms. The lowest BCUT2D eigenvalue weighted by atomic mass is 9.85. The number of aliphatic hydroxyl groups excluding tert-OH is 1. The number of hydrogen-bond donors (Lipinski definition) is 2. The van der Waals surface area contributed by atoms with Gasteiger partial charge in [-0.2, -0.15) is 0 Å². The van der Waals surface area contributed by atoms with E-state index < -0.39 is 17.1 Å². The number of amides is 1. The third-order valence-corrected chi connectivity index (χ3v) is 3.45. The van der Waals surface area contributed by atoms with Gasteiger partial charge in [0.25, 0.3) is 0 Å². The van der Waals surface area contributed by atoms with Gasteiger partial charge in [-0.3, -0.25) is 4.79 Å². The van der Waals surface area contributed by atoms with Crippen LogP contribution in [0.2, 0.25) is 0 Å². The number of carbonyl (C=O) groups is 1. The van der Waals surface area contributed by atoms with Crippen molar-refractivity contribution < 1.29 is 14.6 Å². The second kappa shape index (κ2) is 4.94. The molecule has 0 saturated carbocycles. The minimum absolute atomic E-state index is 0.348. The molecular weight excluding hydrogens is 242 g/mol. The van der Waals surface area contributed by atoms with E-state index in [1.54, 1.807) is 0 Å². The molecule has 1 fully saturated rings. The molecule has 1 atom stereocenters. The number of carbonyl (C=O) groups excluding carboxylic acids is 1. The molecule has 4 nitrogen and oxygen atoms in total. The van der Waals surface area contributed by atoms with Crippen LogP contribution in [0.25, 0.3) is 0 Å². The normalized spacial score (nSPS) is 19.4.